The summed E-state index contributed by atoms with van der Waals surface area (Å²) in [5.74, 6) is -0.331. The molecule has 6 nitrogen and oxygen atoms in total. The summed E-state index contributed by atoms with van der Waals surface area (Å²) in [6.45, 7) is 3.86. The highest BCUT2D eigenvalue weighted by Crippen LogP contribution is 2.30. The van der Waals surface area contributed by atoms with E-state index < -0.39 is 5.25 Å². The van der Waals surface area contributed by atoms with Crippen LogP contribution in [0, 0.1) is 6.92 Å². The molecule has 4 aromatic rings. The molecule has 2 aromatic heterocycles. The maximum Gasteiger partial charge on any atom is 0.319 e. The zero-order valence-electron chi connectivity index (χ0n) is 16.4. The van der Waals surface area contributed by atoms with E-state index in [2.05, 4.69) is 4.98 Å². The third kappa shape index (κ3) is 3.31. The molecule has 1 unspecified atom stereocenters. The van der Waals surface area contributed by atoms with Gasteiger partial charge in [0, 0.05) is 10.9 Å². The molecule has 0 spiro atoms. The summed E-state index contributed by atoms with van der Waals surface area (Å²) in [6, 6.07) is 15.3. The summed E-state index contributed by atoms with van der Waals surface area (Å²) >= 11 is 1.26. The van der Waals surface area contributed by atoms with Crippen molar-refractivity contribution in [3.8, 4) is 5.69 Å². The van der Waals surface area contributed by atoms with Gasteiger partial charge >= 0.3 is 5.97 Å². The Morgan fingerprint density at radius 2 is 1.93 bits per heavy atom. The molecule has 148 valence electrons. The van der Waals surface area contributed by atoms with Gasteiger partial charge in [0.15, 0.2) is 5.16 Å². The second-order valence-corrected chi connectivity index (χ2v) is 7.92. The number of ether oxygens (including phenoxy) is 1. The first-order valence-electron chi connectivity index (χ1n) is 9.39. The summed E-state index contributed by atoms with van der Waals surface area (Å²) in [6.07, 6.45) is 0.562. The van der Waals surface area contributed by atoms with Crippen LogP contribution in [0.5, 0.6) is 0 Å². The zero-order valence-corrected chi connectivity index (χ0v) is 17.2. The fraction of sp³-hybridized carbons (Fsp3) is 0.227. The number of aromatic amines is 1. The molecule has 2 heterocycles. The number of para-hydroxylation sites is 2. The summed E-state index contributed by atoms with van der Waals surface area (Å²) in [5.41, 5.74) is 3.41. The molecule has 2 aromatic carbocycles. The van der Waals surface area contributed by atoms with E-state index in [-0.39, 0.29) is 11.5 Å². The summed E-state index contributed by atoms with van der Waals surface area (Å²) in [5, 5.41) is 0.896. The van der Waals surface area contributed by atoms with Gasteiger partial charge in [-0.25, -0.2) is 4.98 Å². The van der Waals surface area contributed by atoms with Gasteiger partial charge in [-0.1, -0.05) is 55.1 Å². The van der Waals surface area contributed by atoms with Crippen molar-refractivity contribution in [2.45, 2.75) is 30.7 Å². The van der Waals surface area contributed by atoms with Gasteiger partial charge in [0.1, 0.15) is 16.3 Å². The van der Waals surface area contributed by atoms with Crippen molar-refractivity contribution in [2.75, 3.05) is 7.11 Å². The minimum absolute atomic E-state index is 0.192. The summed E-state index contributed by atoms with van der Waals surface area (Å²) in [7, 11) is 1.37. The maximum atomic E-state index is 13.5. The van der Waals surface area contributed by atoms with E-state index in [0.717, 1.165) is 22.2 Å². The van der Waals surface area contributed by atoms with Gasteiger partial charge in [0.2, 0.25) is 0 Å². The summed E-state index contributed by atoms with van der Waals surface area (Å²) < 4.78 is 6.52. The Morgan fingerprint density at radius 1 is 1.21 bits per heavy atom. The van der Waals surface area contributed by atoms with Gasteiger partial charge in [-0.3, -0.25) is 14.2 Å². The van der Waals surface area contributed by atoms with E-state index in [0.29, 0.717) is 22.6 Å². The molecule has 0 aliphatic heterocycles. The van der Waals surface area contributed by atoms with Crippen molar-refractivity contribution in [1.82, 2.24) is 14.5 Å². The number of nitrogens with zero attached hydrogens (tertiary/aromatic N) is 2. The predicted octanol–water partition coefficient (Wildman–Crippen LogP) is 4.22. The number of hydrogen-bond donors (Lipinski definition) is 1. The number of carbonyl (C=O) groups is 1. The lowest BCUT2D eigenvalue weighted by Gasteiger charge is -2.17. The van der Waals surface area contributed by atoms with E-state index in [1.165, 1.54) is 18.9 Å². The van der Waals surface area contributed by atoms with Crippen LogP contribution >= 0.6 is 11.8 Å². The molecule has 0 radical (unpaired) electrons. The third-order valence-electron chi connectivity index (χ3n) is 4.93. The van der Waals surface area contributed by atoms with Crippen LogP contribution in [-0.2, 0) is 9.53 Å². The highest BCUT2D eigenvalue weighted by Gasteiger charge is 2.24. The van der Waals surface area contributed by atoms with Crippen LogP contribution in [0.4, 0.5) is 0 Å². The average molecular weight is 407 g/mol. The van der Waals surface area contributed by atoms with E-state index in [9.17, 15) is 9.59 Å². The molecule has 1 N–H and O–H groups in total. The SMILES string of the molecule is CCC(Sc1nc2c([nH]c3ccccc32)c(=O)n1-c1ccccc1C)C(=O)OC. The number of benzene rings is 2. The van der Waals surface area contributed by atoms with Crippen molar-refractivity contribution in [3.63, 3.8) is 0 Å². The number of aryl methyl sites for hydroxylation is 1. The lowest BCUT2D eigenvalue weighted by molar-refractivity contribution is -0.140. The molecule has 0 aliphatic carbocycles. The first-order chi connectivity index (χ1) is 14.0. The second-order valence-electron chi connectivity index (χ2n) is 6.75. The Hall–Kier alpha value is -3.06. The summed E-state index contributed by atoms with van der Waals surface area (Å²) in [4.78, 5) is 33.8. The monoisotopic (exact) mass is 407 g/mol. The lowest BCUT2D eigenvalue weighted by atomic mass is 10.2. The minimum atomic E-state index is -0.454. The number of carbonyl (C=O) groups excluding carboxylic acids is 1. The van der Waals surface area contributed by atoms with Crippen molar-refractivity contribution in [2.24, 2.45) is 0 Å². The molecule has 0 fully saturated rings. The molecule has 4 rings (SSSR count). The molecule has 1 atom stereocenters. The first kappa shape index (κ1) is 19.3. The molecule has 0 saturated heterocycles. The number of nitrogens with one attached hydrogen (secondary N) is 1. The topological polar surface area (TPSA) is 77.0 Å². The van der Waals surface area contributed by atoms with Crippen molar-refractivity contribution in [3.05, 3.63) is 64.4 Å². The van der Waals surface area contributed by atoms with Crippen molar-refractivity contribution >= 4 is 39.7 Å². The lowest BCUT2D eigenvalue weighted by Crippen LogP contribution is -2.25. The number of thioether (sulfide) groups is 1. The van der Waals surface area contributed by atoms with Crippen LogP contribution < -0.4 is 5.56 Å². The Balaban J connectivity index is 2.04. The van der Waals surface area contributed by atoms with Gasteiger partial charge in [-0.2, -0.15) is 0 Å². The number of esters is 1. The number of rotatable bonds is 5. The van der Waals surface area contributed by atoms with E-state index in [1.54, 1.807) is 4.57 Å². The average Bonchev–Trinajstić information content (AvgIpc) is 3.11. The van der Waals surface area contributed by atoms with Gasteiger partial charge in [-0.05, 0) is 31.0 Å². The largest absolute Gasteiger partial charge is 0.468 e. The van der Waals surface area contributed by atoms with Crippen LogP contribution in [0.2, 0.25) is 0 Å². The molecule has 0 saturated carbocycles. The van der Waals surface area contributed by atoms with Crippen LogP contribution in [0.25, 0.3) is 27.6 Å². The molecular formula is C22H21N3O3S. The normalized spacial score (nSPS) is 12.4. The van der Waals surface area contributed by atoms with E-state index >= 15 is 0 Å². The number of methoxy groups -OCH3 is 1. The second kappa shape index (κ2) is 7.75. The van der Waals surface area contributed by atoms with Gasteiger partial charge < -0.3 is 9.72 Å². The third-order valence-corrected chi connectivity index (χ3v) is 6.23. The fourth-order valence-corrected chi connectivity index (χ4v) is 4.45. The van der Waals surface area contributed by atoms with E-state index in [1.807, 2.05) is 62.4 Å². The maximum absolute atomic E-state index is 13.5. The van der Waals surface area contributed by atoms with Gasteiger partial charge in [0.25, 0.3) is 5.56 Å². The van der Waals surface area contributed by atoms with Crippen LogP contribution in [0.15, 0.2) is 58.5 Å². The molecule has 29 heavy (non-hydrogen) atoms. The molecule has 0 aliphatic rings. The zero-order chi connectivity index (χ0) is 20.5. The Kier molecular flexibility index (Phi) is 5.15. The molecule has 0 amide bonds. The highest BCUT2D eigenvalue weighted by atomic mass is 32.2. The molecule has 0 bridgehead atoms. The Morgan fingerprint density at radius 3 is 2.66 bits per heavy atom. The quantitative estimate of drug-likeness (QED) is 0.304. The van der Waals surface area contributed by atoms with E-state index in [4.69, 9.17) is 9.72 Å². The fourth-order valence-electron chi connectivity index (χ4n) is 3.40. The van der Waals surface area contributed by atoms with Crippen LogP contribution in [0.1, 0.15) is 18.9 Å². The van der Waals surface area contributed by atoms with Crippen LogP contribution in [0.3, 0.4) is 0 Å². The molecular weight excluding hydrogens is 386 g/mol. The minimum Gasteiger partial charge on any atom is -0.468 e. The number of hydrogen-bond acceptors (Lipinski definition) is 5. The number of aromatic nitrogens is 3. The Bertz CT molecular complexity index is 1280. The van der Waals surface area contributed by atoms with Gasteiger partial charge in [0.05, 0.1) is 12.8 Å². The smallest absolute Gasteiger partial charge is 0.319 e. The highest BCUT2D eigenvalue weighted by molar-refractivity contribution is 8.00. The van der Waals surface area contributed by atoms with Crippen molar-refractivity contribution in [1.29, 1.82) is 0 Å². The first-order valence-corrected chi connectivity index (χ1v) is 10.3. The Labute approximate surface area is 171 Å². The van der Waals surface area contributed by atoms with Crippen LogP contribution in [-0.4, -0.2) is 32.9 Å². The number of H-pyrrole nitrogens is 1. The van der Waals surface area contributed by atoms with Crippen molar-refractivity contribution < 1.29 is 9.53 Å². The molecule has 7 heteroatoms. The number of fused-ring (bicyclic) bond motifs is 3. The van der Waals surface area contributed by atoms with Gasteiger partial charge in [-0.15, -0.1) is 0 Å². The standard InChI is InChI=1S/C22H21N3O3S/c1-4-17(21(27)28-3)29-22-24-18-14-10-6-7-11-15(14)23-19(18)20(26)25(22)16-12-8-5-9-13(16)2/h5-12,17,23H,4H2,1-3H3. The predicted molar refractivity (Wildman–Crippen MR) is 116 cm³/mol.